The van der Waals surface area contributed by atoms with Crippen molar-refractivity contribution in [3.8, 4) is 5.75 Å². The van der Waals surface area contributed by atoms with Crippen molar-refractivity contribution in [2.45, 2.75) is 57.2 Å². The van der Waals surface area contributed by atoms with E-state index in [1.54, 1.807) is 0 Å². The van der Waals surface area contributed by atoms with Gasteiger partial charge < -0.3 is 15.0 Å². The van der Waals surface area contributed by atoms with E-state index < -0.39 is 5.60 Å². The molecule has 4 heteroatoms. The van der Waals surface area contributed by atoms with Crippen molar-refractivity contribution in [2.75, 3.05) is 11.9 Å². The monoisotopic (exact) mass is 288 g/mol. The maximum absolute atomic E-state index is 13.1. The molecule has 1 N–H and O–H groups in total. The smallest absolute Gasteiger partial charge is 0.248 e. The summed E-state index contributed by atoms with van der Waals surface area (Å²) in [6, 6.07) is 7.86. The third-order valence-corrected chi connectivity index (χ3v) is 4.66. The predicted molar refractivity (Wildman–Crippen MR) is 83.7 cm³/mol. The Balaban J connectivity index is 2.10. The Hall–Kier alpha value is -1.55. The van der Waals surface area contributed by atoms with Gasteiger partial charge in [-0.1, -0.05) is 25.0 Å². The summed E-state index contributed by atoms with van der Waals surface area (Å²) in [5, 5.41) is 3.16. The molecule has 1 fully saturated rings. The number of carbonyl (C=O) groups excluding carboxylic acids is 1. The van der Waals surface area contributed by atoms with Crippen molar-refractivity contribution < 1.29 is 9.53 Å². The molecule has 1 unspecified atom stereocenters. The van der Waals surface area contributed by atoms with Crippen LogP contribution in [-0.2, 0) is 4.79 Å². The van der Waals surface area contributed by atoms with Gasteiger partial charge in [0.1, 0.15) is 17.4 Å². The van der Waals surface area contributed by atoms with Gasteiger partial charge in [-0.2, -0.15) is 0 Å². The van der Waals surface area contributed by atoms with E-state index in [1.165, 1.54) is 12.8 Å². The van der Waals surface area contributed by atoms with Crippen LogP contribution in [0.25, 0.3) is 0 Å². The van der Waals surface area contributed by atoms with Crippen molar-refractivity contribution >= 4 is 11.6 Å². The van der Waals surface area contributed by atoms with Crippen molar-refractivity contribution in [3.05, 3.63) is 24.3 Å². The number of para-hydroxylation sites is 2. The summed E-state index contributed by atoms with van der Waals surface area (Å²) in [7, 11) is 1.83. The fourth-order valence-electron chi connectivity index (χ4n) is 3.65. The van der Waals surface area contributed by atoms with Gasteiger partial charge >= 0.3 is 0 Å². The Morgan fingerprint density at radius 3 is 2.57 bits per heavy atom. The van der Waals surface area contributed by atoms with E-state index in [2.05, 4.69) is 5.32 Å². The third kappa shape index (κ3) is 2.42. The molecule has 0 saturated heterocycles. The summed E-state index contributed by atoms with van der Waals surface area (Å²) in [6.07, 6.45) is 4.56. The summed E-state index contributed by atoms with van der Waals surface area (Å²) in [4.78, 5) is 15.1. The molecular weight excluding hydrogens is 264 g/mol. The molecular formula is C17H24N2O2. The van der Waals surface area contributed by atoms with Gasteiger partial charge in [0.25, 0.3) is 0 Å². The number of nitrogens with one attached hydrogen (secondary N) is 1. The highest BCUT2D eigenvalue weighted by Gasteiger charge is 2.45. The second kappa shape index (κ2) is 5.34. The van der Waals surface area contributed by atoms with E-state index >= 15 is 0 Å². The van der Waals surface area contributed by atoms with Gasteiger partial charge in [0.2, 0.25) is 5.91 Å². The molecule has 0 radical (unpaired) electrons. The first-order valence-corrected chi connectivity index (χ1v) is 7.83. The molecule has 0 bridgehead atoms. The van der Waals surface area contributed by atoms with E-state index in [0.717, 1.165) is 24.3 Å². The summed E-state index contributed by atoms with van der Waals surface area (Å²) in [5.41, 5.74) is 0.343. The molecule has 3 rings (SSSR count). The van der Waals surface area contributed by atoms with Crippen molar-refractivity contribution in [2.24, 2.45) is 0 Å². The van der Waals surface area contributed by atoms with Crippen LogP contribution in [0.1, 0.15) is 39.5 Å². The molecule has 1 aromatic carbocycles. The fraction of sp³-hybridized carbons (Fsp3) is 0.588. The van der Waals surface area contributed by atoms with Crippen molar-refractivity contribution in [1.29, 1.82) is 0 Å². The molecule has 0 spiro atoms. The van der Waals surface area contributed by atoms with Crippen LogP contribution in [0.3, 0.4) is 0 Å². The van der Waals surface area contributed by atoms with Gasteiger partial charge in [0.05, 0.1) is 5.69 Å². The number of hydrogen-bond acceptors (Lipinski definition) is 3. The van der Waals surface area contributed by atoms with Crippen LogP contribution in [-0.4, -0.2) is 30.6 Å². The van der Waals surface area contributed by atoms with E-state index in [1.807, 2.05) is 50.1 Å². The van der Waals surface area contributed by atoms with Crippen LogP contribution >= 0.6 is 0 Å². The lowest BCUT2D eigenvalue weighted by Crippen LogP contribution is -2.58. The number of nitrogens with zero attached hydrogens (tertiary/aromatic N) is 1. The lowest BCUT2D eigenvalue weighted by atomic mass is 9.97. The van der Waals surface area contributed by atoms with Gasteiger partial charge in [-0.15, -0.1) is 0 Å². The maximum atomic E-state index is 13.1. The van der Waals surface area contributed by atoms with Crippen LogP contribution in [0, 0.1) is 0 Å². The number of amides is 1. The first kappa shape index (κ1) is 14.4. The van der Waals surface area contributed by atoms with Gasteiger partial charge in [0.15, 0.2) is 0 Å². The highest BCUT2D eigenvalue weighted by atomic mass is 16.5. The van der Waals surface area contributed by atoms with E-state index in [-0.39, 0.29) is 11.9 Å². The highest BCUT2D eigenvalue weighted by molar-refractivity contribution is 6.00. The molecule has 2 aliphatic rings. The summed E-state index contributed by atoms with van der Waals surface area (Å²) < 4.78 is 6.18. The number of carbonyl (C=O) groups is 1. The topological polar surface area (TPSA) is 41.6 Å². The van der Waals surface area contributed by atoms with Crippen LogP contribution in [0.5, 0.6) is 5.75 Å². The van der Waals surface area contributed by atoms with Crippen LogP contribution in [0.2, 0.25) is 0 Å². The van der Waals surface area contributed by atoms with Crippen molar-refractivity contribution in [3.63, 3.8) is 0 Å². The van der Waals surface area contributed by atoms with Gasteiger partial charge in [-0.05, 0) is 45.9 Å². The minimum Gasteiger partial charge on any atom is -0.483 e. The zero-order chi connectivity index (χ0) is 15.0. The molecule has 1 atom stereocenters. The van der Waals surface area contributed by atoms with Crippen molar-refractivity contribution in [1.82, 2.24) is 5.32 Å². The largest absolute Gasteiger partial charge is 0.483 e. The molecule has 1 amide bonds. The Kier molecular flexibility index (Phi) is 3.66. The maximum Gasteiger partial charge on any atom is 0.248 e. The molecule has 1 aliphatic heterocycles. The SMILES string of the molecule is CNC1C(=O)N(C2CCCC2)c2ccccc2OC1(C)C. The molecule has 1 heterocycles. The number of rotatable bonds is 2. The van der Waals surface area contributed by atoms with E-state index in [0.29, 0.717) is 6.04 Å². The fourth-order valence-corrected chi connectivity index (χ4v) is 3.65. The second-order valence-corrected chi connectivity index (χ2v) is 6.54. The van der Waals surface area contributed by atoms with Crippen LogP contribution in [0.15, 0.2) is 24.3 Å². The molecule has 1 aliphatic carbocycles. The number of hydrogen-bond donors (Lipinski definition) is 1. The number of benzene rings is 1. The molecule has 1 aromatic rings. The number of anilines is 1. The Bertz CT molecular complexity index is 535. The average Bonchev–Trinajstić information content (AvgIpc) is 2.92. The molecule has 0 aromatic heterocycles. The van der Waals surface area contributed by atoms with E-state index in [9.17, 15) is 4.79 Å². The second-order valence-electron chi connectivity index (χ2n) is 6.54. The summed E-state index contributed by atoms with van der Waals surface area (Å²) >= 11 is 0. The predicted octanol–water partition coefficient (Wildman–Crippen LogP) is 2.72. The third-order valence-electron chi connectivity index (χ3n) is 4.66. The summed E-state index contributed by atoms with van der Waals surface area (Å²) in [6.45, 7) is 3.95. The lowest BCUT2D eigenvalue weighted by Gasteiger charge is -2.34. The first-order valence-electron chi connectivity index (χ1n) is 7.83. The number of fused-ring (bicyclic) bond motifs is 1. The van der Waals surface area contributed by atoms with Crippen LogP contribution < -0.4 is 15.0 Å². The summed E-state index contributed by atoms with van der Waals surface area (Å²) in [5.74, 6) is 0.930. The minimum absolute atomic E-state index is 0.124. The van der Waals surface area contributed by atoms with Gasteiger partial charge in [-0.25, -0.2) is 0 Å². The van der Waals surface area contributed by atoms with Gasteiger partial charge in [-0.3, -0.25) is 4.79 Å². The first-order chi connectivity index (χ1) is 10.0. The average molecular weight is 288 g/mol. The number of likely N-dealkylation sites (N-methyl/N-ethyl adjacent to an activating group) is 1. The zero-order valence-corrected chi connectivity index (χ0v) is 13.1. The highest BCUT2D eigenvalue weighted by Crippen LogP contribution is 2.40. The standard InChI is InChI=1S/C17H24N2O2/c1-17(2)15(18-3)16(20)19(12-8-4-5-9-12)13-10-6-7-11-14(13)21-17/h6-7,10-12,15,18H,4-5,8-9H2,1-3H3. The Morgan fingerprint density at radius 1 is 1.24 bits per heavy atom. The molecule has 1 saturated carbocycles. The minimum atomic E-state index is -0.574. The zero-order valence-electron chi connectivity index (χ0n) is 13.1. The van der Waals surface area contributed by atoms with Crippen LogP contribution in [0.4, 0.5) is 5.69 Å². The lowest BCUT2D eigenvalue weighted by molar-refractivity contribution is -0.124. The Labute approximate surface area is 126 Å². The molecule has 21 heavy (non-hydrogen) atoms. The molecule has 114 valence electrons. The van der Waals surface area contributed by atoms with Gasteiger partial charge in [0, 0.05) is 6.04 Å². The molecule has 4 nitrogen and oxygen atoms in total. The number of ether oxygens (including phenoxy) is 1. The normalized spacial score (nSPS) is 25.4. The Morgan fingerprint density at radius 2 is 1.90 bits per heavy atom. The van der Waals surface area contributed by atoms with E-state index in [4.69, 9.17) is 4.74 Å². The quantitative estimate of drug-likeness (QED) is 0.910.